The van der Waals surface area contributed by atoms with Crippen LogP contribution in [0.4, 0.5) is 13.2 Å². The first-order chi connectivity index (χ1) is 8.30. The minimum atomic E-state index is -4.51. The molecule has 0 fully saturated rings. The number of aromatic carboxylic acids is 1. The molecule has 0 amide bonds. The van der Waals surface area contributed by atoms with Gasteiger partial charge in [-0.1, -0.05) is 13.8 Å². The third-order valence-corrected chi connectivity index (χ3v) is 1.61. The second kappa shape index (κ2) is 6.77. The molecule has 0 aliphatic carbocycles. The van der Waals surface area contributed by atoms with Crippen LogP contribution < -0.4 is 4.74 Å². The van der Waals surface area contributed by atoms with Gasteiger partial charge in [-0.05, 0) is 6.92 Å². The van der Waals surface area contributed by atoms with Gasteiger partial charge in [-0.25, -0.2) is 14.8 Å². The predicted molar refractivity (Wildman–Crippen MR) is 56.5 cm³/mol. The Balaban J connectivity index is 0.00000137. The van der Waals surface area contributed by atoms with E-state index in [0.717, 1.165) is 19.3 Å². The normalized spacial score (nSPS) is 12.1. The second-order valence-corrected chi connectivity index (χ2v) is 2.85. The van der Waals surface area contributed by atoms with Crippen molar-refractivity contribution in [3.8, 4) is 5.88 Å². The maximum atomic E-state index is 12.1. The molecule has 5 nitrogen and oxygen atoms in total. The van der Waals surface area contributed by atoms with E-state index in [-0.39, 0.29) is 11.6 Å². The van der Waals surface area contributed by atoms with Crippen molar-refractivity contribution in [3.63, 3.8) is 0 Å². The molecule has 0 saturated heterocycles. The topological polar surface area (TPSA) is 72.3 Å². The lowest BCUT2D eigenvalue weighted by molar-refractivity contribution is -0.190. The van der Waals surface area contributed by atoms with Gasteiger partial charge in [0.15, 0.2) is 11.8 Å². The van der Waals surface area contributed by atoms with Crippen molar-refractivity contribution in [1.29, 1.82) is 0 Å². The van der Waals surface area contributed by atoms with E-state index in [0.29, 0.717) is 0 Å². The fourth-order valence-corrected chi connectivity index (χ4v) is 0.735. The largest absolute Gasteiger partial charge is 0.476 e. The van der Waals surface area contributed by atoms with E-state index in [1.54, 1.807) is 0 Å². The van der Waals surface area contributed by atoms with E-state index in [2.05, 4.69) is 14.7 Å². The molecule has 1 heterocycles. The fraction of sp³-hybridized carbons (Fsp3) is 0.500. The van der Waals surface area contributed by atoms with Crippen LogP contribution in [0.3, 0.4) is 0 Å². The van der Waals surface area contributed by atoms with Crippen LogP contribution in [-0.2, 0) is 0 Å². The molecule has 1 atom stereocenters. The van der Waals surface area contributed by atoms with Crippen molar-refractivity contribution in [2.75, 3.05) is 0 Å². The highest BCUT2D eigenvalue weighted by Crippen LogP contribution is 2.23. The van der Waals surface area contributed by atoms with Crippen LogP contribution in [-0.4, -0.2) is 33.3 Å². The lowest BCUT2D eigenvalue weighted by atomic mass is 10.4. The number of aromatic nitrogens is 2. The molecule has 0 bridgehead atoms. The zero-order chi connectivity index (χ0) is 14.3. The van der Waals surface area contributed by atoms with E-state index in [1.165, 1.54) is 0 Å². The van der Waals surface area contributed by atoms with Crippen LogP contribution in [0.1, 0.15) is 31.3 Å². The van der Waals surface area contributed by atoms with E-state index in [9.17, 15) is 18.0 Å². The summed E-state index contributed by atoms with van der Waals surface area (Å²) in [6.07, 6.45) is -4.89. The summed E-state index contributed by atoms with van der Waals surface area (Å²) < 4.78 is 40.6. The molecule has 0 aliphatic heterocycles. The predicted octanol–water partition coefficient (Wildman–Crippen LogP) is 2.53. The van der Waals surface area contributed by atoms with Crippen LogP contribution in [0.2, 0.25) is 0 Å². The summed E-state index contributed by atoms with van der Waals surface area (Å²) in [4.78, 5) is 17.1. The summed E-state index contributed by atoms with van der Waals surface area (Å²) in [5.74, 6) is -1.70. The summed E-state index contributed by atoms with van der Waals surface area (Å²) in [7, 11) is 0. The van der Waals surface area contributed by atoms with Crippen LogP contribution in [0.15, 0.2) is 12.4 Å². The van der Waals surface area contributed by atoms with Gasteiger partial charge in [-0.15, -0.1) is 0 Å². The van der Waals surface area contributed by atoms with Crippen LogP contribution in [0, 0.1) is 0 Å². The molecular formula is C10H13F3N2O3. The van der Waals surface area contributed by atoms with Crippen LogP contribution >= 0.6 is 0 Å². The van der Waals surface area contributed by atoms with Crippen molar-refractivity contribution in [1.82, 2.24) is 9.97 Å². The first-order valence-corrected chi connectivity index (χ1v) is 5.09. The van der Waals surface area contributed by atoms with Gasteiger partial charge in [0.2, 0.25) is 5.88 Å². The van der Waals surface area contributed by atoms with E-state index in [1.807, 2.05) is 13.8 Å². The van der Waals surface area contributed by atoms with Crippen molar-refractivity contribution in [2.24, 2.45) is 0 Å². The number of alkyl halides is 3. The summed E-state index contributed by atoms with van der Waals surface area (Å²) in [6, 6.07) is 0. The maximum Gasteiger partial charge on any atom is 0.425 e. The average molecular weight is 266 g/mol. The van der Waals surface area contributed by atoms with Gasteiger partial charge in [0.05, 0.1) is 12.4 Å². The lowest BCUT2D eigenvalue weighted by Gasteiger charge is -2.16. The molecule has 1 aromatic rings. The third kappa shape index (κ3) is 4.98. The van der Waals surface area contributed by atoms with Gasteiger partial charge in [0.25, 0.3) is 0 Å². The molecule has 102 valence electrons. The van der Waals surface area contributed by atoms with Crippen molar-refractivity contribution >= 4 is 5.97 Å². The monoisotopic (exact) mass is 266 g/mol. The number of ether oxygens (including phenoxy) is 1. The third-order valence-electron chi connectivity index (χ3n) is 1.61. The summed E-state index contributed by atoms with van der Waals surface area (Å²) in [6.45, 7) is 4.81. The Morgan fingerprint density at radius 1 is 1.33 bits per heavy atom. The van der Waals surface area contributed by atoms with E-state index >= 15 is 0 Å². The number of carbonyl (C=O) groups is 1. The molecule has 0 saturated carbocycles. The Kier molecular flexibility index (Phi) is 6.07. The molecule has 8 heteroatoms. The molecule has 1 aromatic heterocycles. The van der Waals surface area contributed by atoms with Gasteiger partial charge in [-0.3, -0.25) is 0 Å². The molecule has 18 heavy (non-hydrogen) atoms. The fourth-order valence-electron chi connectivity index (χ4n) is 0.735. The van der Waals surface area contributed by atoms with E-state index < -0.39 is 18.2 Å². The van der Waals surface area contributed by atoms with Crippen LogP contribution in [0.25, 0.3) is 0 Å². The molecule has 0 aromatic carbocycles. The van der Waals surface area contributed by atoms with Gasteiger partial charge < -0.3 is 9.84 Å². The summed E-state index contributed by atoms with van der Waals surface area (Å²) >= 11 is 0. The van der Waals surface area contributed by atoms with Crippen molar-refractivity contribution in [2.45, 2.75) is 33.1 Å². The zero-order valence-corrected chi connectivity index (χ0v) is 10.0. The highest BCUT2D eigenvalue weighted by molar-refractivity contribution is 5.84. The Morgan fingerprint density at radius 2 is 1.89 bits per heavy atom. The molecule has 1 unspecified atom stereocenters. The van der Waals surface area contributed by atoms with Crippen molar-refractivity contribution in [3.05, 3.63) is 18.1 Å². The zero-order valence-electron chi connectivity index (χ0n) is 10.0. The number of halogens is 3. The SMILES string of the molecule is CC.CC(Oc1cnc(C(=O)O)cn1)C(F)(F)F. The number of carboxylic acid groups (broad SMARTS) is 1. The maximum absolute atomic E-state index is 12.1. The minimum absolute atomic E-state index is 0.369. The standard InChI is InChI=1S/C8H7F3N2O3.C2H6/c1-4(8(9,10)11)16-6-3-12-5(2-13-6)7(14)15;1-2/h2-4H,1H3,(H,14,15);1-2H3. The minimum Gasteiger partial charge on any atom is -0.476 e. The molecule has 1 rings (SSSR count). The Hall–Kier alpha value is -1.86. The smallest absolute Gasteiger partial charge is 0.425 e. The number of hydrogen-bond acceptors (Lipinski definition) is 4. The van der Waals surface area contributed by atoms with Gasteiger partial charge in [-0.2, -0.15) is 13.2 Å². The second-order valence-electron chi connectivity index (χ2n) is 2.85. The highest BCUT2D eigenvalue weighted by Gasteiger charge is 2.38. The molecule has 0 radical (unpaired) electrons. The lowest BCUT2D eigenvalue weighted by Crippen LogP contribution is -2.31. The van der Waals surface area contributed by atoms with E-state index in [4.69, 9.17) is 5.11 Å². The average Bonchev–Trinajstić information content (AvgIpc) is 2.31. The quantitative estimate of drug-likeness (QED) is 0.910. The van der Waals surface area contributed by atoms with Gasteiger partial charge in [0, 0.05) is 0 Å². The number of rotatable bonds is 3. The summed E-state index contributed by atoms with van der Waals surface area (Å²) in [5, 5.41) is 8.46. The molecular weight excluding hydrogens is 253 g/mol. The number of carboxylic acids is 1. The van der Waals surface area contributed by atoms with Gasteiger partial charge >= 0.3 is 12.1 Å². The Bertz CT molecular complexity index is 379. The highest BCUT2D eigenvalue weighted by atomic mass is 19.4. The van der Waals surface area contributed by atoms with Crippen LogP contribution in [0.5, 0.6) is 5.88 Å². The number of nitrogens with zero attached hydrogens (tertiary/aromatic N) is 2. The molecule has 1 N–H and O–H groups in total. The molecule has 0 aliphatic rings. The van der Waals surface area contributed by atoms with Crippen molar-refractivity contribution < 1.29 is 27.8 Å². The Morgan fingerprint density at radius 3 is 2.22 bits per heavy atom. The first-order valence-electron chi connectivity index (χ1n) is 5.09. The van der Waals surface area contributed by atoms with Gasteiger partial charge in [0.1, 0.15) is 0 Å². The summed E-state index contributed by atoms with van der Waals surface area (Å²) in [5.41, 5.74) is -0.369. The first kappa shape index (κ1) is 16.1. The Labute approximate surface area is 102 Å². The molecule has 0 spiro atoms. The number of hydrogen-bond donors (Lipinski definition) is 1.